The third kappa shape index (κ3) is 3.65. The van der Waals surface area contributed by atoms with E-state index in [-0.39, 0.29) is 17.8 Å². The number of carbonyl (C=O) groups excluding carboxylic acids is 1. The van der Waals surface area contributed by atoms with Gasteiger partial charge >= 0.3 is 5.97 Å². The average Bonchev–Trinajstić information content (AvgIpc) is 2.38. The van der Waals surface area contributed by atoms with Crippen LogP contribution in [0, 0.1) is 11.8 Å². The van der Waals surface area contributed by atoms with E-state index in [1.165, 1.54) is 7.11 Å². The van der Waals surface area contributed by atoms with Gasteiger partial charge in [0, 0.05) is 6.54 Å². The molecule has 0 bridgehead atoms. The van der Waals surface area contributed by atoms with Gasteiger partial charge in [0.05, 0.1) is 25.8 Å². The minimum atomic E-state index is -0.188. The van der Waals surface area contributed by atoms with Crippen LogP contribution in [0.2, 0.25) is 0 Å². The highest BCUT2D eigenvalue weighted by atomic mass is 16.5. The lowest BCUT2D eigenvalue weighted by Gasteiger charge is -2.20. The first kappa shape index (κ1) is 14.4. The minimum absolute atomic E-state index is 0.167. The predicted octanol–water partition coefficient (Wildman–Crippen LogP) is 2.55. The summed E-state index contributed by atoms with van der Waals surface area (Å²) in [4.78, 5) is 11.6. The molecule has 0 amide bonds. The fourth-order valence-corrected chi connectivity index (χ4v) is 1.75. The van der Waals surface area contributed by atoms with Crippen LogP contribution in [-0.4, -0.2) is 26.7 Å². The Labute approximate surface area is 108 Å². The number of anilines is 1. The lowest BCUT2D eigenvalue weighted by Crippen LogP contribution is -2.29. The van der Waals surface area contributed by atoms with E-state index in [2.05, 4.69) is 5.32 Å². The molecule has 0 saturated carbocycles. The normalized spacial score (nSPS) is 12.1. The number of benzene rings is 1. The number of methoxy groups -OCH3 is 2. The number of nitrogens with one attached hydrogen (secondary N) is 1. The van der Waals surface area contributed by atoms with Gasteiger partial charge in [-0.3, -0.25) is 4.79 Å². The number of para-hydroxylation sites is 2. The van der Waals surface area contributed by atoms with E-state index in [1.807, 2.05) is 38.1 Å². The van der Waals surface area contributed by atoms with Gasteiger partial charge in [-0.25, -0.2) is 0 Å². The lowest BCUT2D eigenvalue weighted by atomic mass is 9.96. The topological polar surface area (TPSA) is 47.6 Å². The van der Waals surface area contributed by atoms with Crippen molar-refractivity contribution in [1.29, 1.82) is 0 Å². The lowest BCUT2D eigenvalue weighted by molar-refractivity contribution is -0.146. The summed E-state index contributed by atoms with van der Waals surface area (Å²) in [6, 6.07) is 7.63. The van der Waals surface area contributed by atoms with Crippen molar-refractivity contribution in [2.45, 2.75) is 13.8 Å². The van der Waals surface area contributed by atoms with Gasteiger partial charge in [-0.05, 0) is 18.1 Å². The smallest absolute Gasteiger partial charge is 0.310 e. The number of esters is 1. The van der Waals surface area contributed by atoms with Crippen molar-refractivity contribution in [3.05, 3.63) is 24.3 Å². The Balaban J connectivity index is 2.70. The Morgan fingerprint density at radius 1 is 1.28 bits per heavy atom. The van der Waals surface area contributed by atoms with E-state index in [0.717, 1.165) is 11.4 Å². The molecule has 100 valence electrons. The van der Waals surface area contributed by atoms with Crippen LogP contribution in [0.3, 0.4) is 0 Å². The van der Waals surface area contributed by atoms with E-state index in [0.29, 0.717) is 6.54 Å². The van der Waals surface area contributed by atoms with Crippen LogP contribution < -0.4 is 10.1 Å². The second-order valence-corrected chi connectivity index (χ2v) is 4.45. The molecule has 18 heavy (non-hydrogen) atoms. The zero-order valence-electron chi connectivity index (χ0n) is 11.4. The molecule has 1 unspecified atom stereocenters. The molecule has 0 aliphatic rings. The summed E-state index contributed by atoms with van der Waals surface area (Å²) < 4.78 is 10.1. The molecular weight excluding hydrogens is 230 g/mol. The van der Waals surface area contributed by atoms with E-state index in [4.69, 9.17) is 9.47 Å². The Bertz CT molecular complexity index is 390. The van der Waals surface area contributed by atoms with Gasteiger partial charge in [0.15, 0.2) is 0 Å². The number of ether oxygens (including phenoxy) is 2. The van der Waals surface area contributed by atoms with Crippen molar-refractivity contribution in [2.75, 3.05) is 26.1 Å². The summed E-state index contributed by atoms with van der Waals surface area (Å²) >= 11 is 0. The van der Waals surface area contributed by atoms with Crippen molar-refractivity contribution in [1.82, 2.24) is 0 Å². The summed E-state index contributed by atoms with van der Waals surface area (Å²) in [5, 5.41) is 3.24. The molecule has 1 aromatic carbocycles. The van der Waals surface area contributed by atoms with Gasteiger partial charge in [-0.15, -0.1) is 0 Å². The first-order valence-electron chi connectivity index (χ1n) is 6.04. The second kappa shape index (κ2) is 6.89. The first-order chi connectivity index (χ1) is 8.60. The van der Waals surface area contributed by atoms with Gasteiger partial charge < -0.3 is 14.8 Å². The van der Waals surface area contributed by atoms with Crippen molar-refractivity contribution in [3.8, 4) is 5.75 Å². The van der Waals surface area contributed by atoms with E-state index < -0.39 is 0 Å². The molecule has 0 aromatic heterocycles. The summed E-state index contributed by atoms with van der Waals surface area (Å²) in [5.41, 5.74) is 0.884. The van der Waals surface area contributed by atoms with Gasteiger partial charge in [-0.2, -0.15) is 0 Å². The van der Waals surface area contributed by atoms with Crippen LogP contribution >= 0.6 is 0 Å². The number of rotatable bonds is 6. The SMILES string of the molecule is COC(=O)C(CNc1ccccc1OC)C(C)C. The molecule has 0 aliphatic carbocycles. The van der Waals surface area contributed by atoms with Crippen LogP contribution in [0.15, 0.2) is 24.3 Å². The fraction of sp³-hybridized carbons (Fsp3) is 0.500. The van der Waals surface area contributed by atoms with E-state index in [1.54, 1.807) is 7.11 Å². The highest BCUT2D eigenvalue weighted by Gasteiger charge is 2.22. The fourth-order valence-electron chi connectivity index (χ4n) is 1.75. The number of carbonyl (C=O) groups is 1. The molecule has 4 heteroatoms. The molecule has 0 saturated heterocycles. The predicted molar refractivity (Wildman–Crippen MR) is 71.8 cm³/mol. The molecule has 0 aliphatic heterocycles. The highest BCUT2D eigenvalue weighted by molar-refractivity contribution is 5.73. The second-order valence-electron chi connectivity index (χ2n) is 4.45. The Morgan fingerprint density at radius 2 is 1.94 bits per heavy atom. The summed E-state index contributed by atoms with van der Waals surface area (Å²) in [5.74, 6) is 0.636. The molecule has 4 nitrogen and oxygen atoms in total. The number of hydrogen-bond donors (Lipinski definition) is 1. The zero-order valence-corrected chi connectivity index (χ0v) is 11.4. The summed E-state index contributed by atoms with van der Waals surface area (Å²) in [6.07, 6.45) is 0. The first-order valence-corrected chi connectivity index (χ1v) is 6.04. The molecular formula is C14H21NO3. The zero-order chi connectivity index (χ0) is 13.5. The van der Waals surface area contributed by atoms with Crippen LogP contribution in [0.4, 0.5) is 5.69 Å². The van der Waals surface area contributed by atoms with Crippen LogP contribution in [0.5, 0.6) is 5.75 Å². The molecule has 1 N–H and O–H groups in total. The van der Waals surface area contributed by atoms with Gasteiger partial charge in [0.2, 0.25) is 0 Å². The van der Waals surface area contributed by atoms with E-state index in [9.17, 15) is 4.79 Å². The van der Waals surface area contributed by atoms with Gasteiger partial charge in [-0.1, -0.05) is 26.0 Å². The molecule has 1 rings (SSSR count). The van der Waals surface area contributed by atoms with Crippen molar-refractivity contribution < 1.29 is 14.3 Å². The van der Waals surface area contributed by atoms with Crippen LogP contribution in [0.25, 0.3) is 0 Å². The number of hydrogen-bond acceptors (Lipinski definition) is 4. The average molecular weight is 251 g/mol. The summed E-state index contributed by atoms with van der Waals surface area (Å²) in [7, 11) is 3.04. The Hall–Kier alpha value is -1.71. The molecule has 0 heterocycles. The molecule has 1 atom stereocenters. The Kier molecular flexibility index (Phi) is 5.49. The third-order valence-corrected chi connectivity index (χ3v) is 2.93. The maximum atomic E-state index is 11.6. The molecule has 1 aromatic rings. The van der Waals surface area contributed by atoms with Crippen LogP contribution in [0.1, 0.15) is 13.8 Å². The van der Waals surface area contributed by atoms with Gasteiger partial charge in [0.25, 0.3) is 0 Å². The maximum absolute atomic E-state index is 11.6. The molecule has 0 radical (unpaired) electrons. The summed E-state index contributed by atoms with van der Waals surface area (Å²) in [6.45, 7) is 4.54. The van der Waals surface area contributed by atoms with Crippen molar-refractivity contribution >= 4 is 11.7 Å². The largest absolute Gasteiger partial charge is 0.495 e. The Morgan fingerprint density at radius 3 is 2.50 bits per heavy atom. The minimum Gasteiger partial charge on any atom is -0.495 e. The standard InChI is InChI=1S/C14H21NO3/c1-10(2)11(14(16)18-4)9-15-12-7-5-6-8-13(12)17-3/h5-8,10-11,15H,9H2,1-4H3. The highest BCUT2D eigenvalue weighted by Crippen LogP contribution is 2.24. The van der Waals surface area contributed by atoms with Gasteiger partial charge in [0.1, 0.15) is 5.75 Å². The van der Waals surface area contributed by atoms with E-state index >= 15 is 0 Å². The third-order valence-electron chi connectivity index (χ3n) is 2.93. The molecule has 0 fully saturated rings. The van der Waals surface area contributed by atoms with Crippen LogP contribution in [-0.2, 0) is 9.53 Å². The molecule has 0 spiro atoms. The maximum Gasteiger partial charge on any atom is 0.310 e. The van der Waals surface area contributed by atoms with Crippen molar-refractivity contribution in [2.24, 2.45) is 11.8 Å². The van der Waals surface area contributed by atoms with Crippen molar-refractivity contribution in [3.63, 3.8) is 0 Å². The quantitative estimate of drug-likeness (QED) is 0.789. The monoisotopic (exact) mass is 251 g/mol.